The van der Waals surface area contributed by atoms with Gasteiger partial charge in [-0.15, -0.1) is 6.58 Å². The van der Waals surface area contributed by atoms with Crippen LogP contribution in [0.1, 0.15) is 34.1 Å². The predicted octanol–water partition coefficient (Wildman–Crippen LogP) is 3.57. The van der Waals surface area contributed by atoms with E-state index in [2.05, 4.69) is 33.4 Å². The third-order valence-electron chi connectivity index (χ3n) is 2.04. The fraction of sp³-hybridized carbons (Fsp3) is 0.667. The van der Waals surface area contributed by atoms with Gasteiger partial charge in [-0.2, -0.15) is 0 Å². The quantitative estimate of drug-likeness (QED) is 0.451. The highest BCUT2D eigenvalue weighted by Gasteiger charge is 2.12. The van der Waals surface area contributed by atoms with Gasteiger partial charge in [-0.05, 0) is 25.7 Å². The molecular weight excluding hydrogens is 160 g/mol. The summed E-state index contributed by atoms with van der Waals surface area (Å²) in [6, 6.07) is 0. The molecule has 0 aliphatic heterocycles. The van der Waals surface area contributed by atoms with E-state index in [9.17, 15) is 0 Å². The molecule has 0 aliphatic carbocycles. The zero-order valence-electron chi connectivity index (χ0n) is 9.39. The van der Waals surface area contributed by atoms with Gasteiger partial charge in [0.05, 0.1) is 6.61 Å². The van der Waals surface area contributed by atoms with Crippen molar-refractivity contribution >= 4 is 0 Å². The second-order valence-electron chi connectivity index (χ2n) is 4.08. The Balaban J connectivity index is 3.91. The molecule has 0 aliphatic rings. The minimum Gasteiger partial charge on any atom is -0.378 e. The molecule has 0 saturated heterocycles. The van der Waals surface area contributed by atoms with E-state index in [0.717, 1.165) is 19.6 Å². The Morgan fingerprint density at radius 3 is 2.54 bits per heavy atom. The summed E-state index contributed by atoms with van der Waals surface area (Å²) in [6.07, 6.45) is 5.21. The molecule has 0 spiro atoms. The van der Waals surface area contributed by atoms with Crippen LogP contribution in [0.15, 0.2) is 24.3 Å². The van der Waals surface area contributed by atoms with Gasteiger partial charge in [0, 0.05) is 6.61 Å². The maximum Gasteiger partial charge on any atom is 0.0649 e. The Labute approximate surface area is 82.5 Å². The van der Waals surface area contributed by atoms with Gasteiger partial charge in [0.15, 0.2) is 0 Å². The fourth-order valence-corrected chi connectivity index (χ4v) is 1.18. The molecule has 1 nitrogen and oxygen atoms in total. The second kappa shape index (κ2) is 5.98. The lowest BCUT2D eigenvalue weighted by Gasteiger charge is -2.19. The van der Waals surface area contributed by atoms with Gasteiger partial charge in [-0.3, -0.25) is 0 Å². The van der Waals surface area contributed by atoms with E-state index in [1.165, 1.54) is 5.57 Å². The fourth-order valence-electron chi connectivity index (χ4n) is 1.18. The summed E-state index contributed by atoms with van der Waals surface area (Å²) in [5, 5.41) is 0. The molecule has 0 heterocycles. The number of hydrogen-bond acceptors (Lipinski definition) is 1. The summed E-state index contributed by atoms with van der Waals surface area (Å²) in [7, 11) is 0. The van der Waals surface area contributed by atoms with Gasteiger partial charge in [0.2, 0.25) is 0 Å². The molecular formula is C12H22O. The Bertz CT molecular complexity index is 178. The first kappa shape index (κ1) is 12.4. The molecule has 0 saturated carbocycles. The molecule has 13 heavy (non-hydrogen) atoms. The molecule has 0 aromatic carbocycles. The van der Waals surface area contributed by atoms with E-state index in [1.807, 2.05) is 13.0 Å². The zero-order chi connectivity index (χ0) is 10.3. The van der Waals surface area contributed by atoms with Crippen LogP contribution in [-0.2, 0) is 4.74 Å². The first-order valence-electron chi connectivity index (χ1n) is 4.89. The van der Waals surface area contributed by atoms with Crippen LogP contribution in [0.2, 0.25) is 0 Å². The highest BCUT2D eigenvalue weighted by atomic mass is 16.5. The summed E-state index contributed by atoms with van der Waals surface area (Å²) in [5.41, 5.74) is 1.57. The zero-order valence-corrected chi connectivity index (χ0v) is 9.39. The van der Waals surface area contributed by atoms with Crippen molar-refractivity contribution in [3.05, 3.63) is 24.3 Å². The van der Waals surface area contributed by atoms with Crippen LogP contribution in [0.3, 0.4) is 0 Å². The molecule has 0 aromatic rings. The first-order valence-corrected chi connectivity index (χ1v) is 4.89. The lowest BCUT2D eigenvalue weighted by Crippen LogP contribution is -2.07. The molecule has 0 bridgehead atoms. The maximum absolute atomic E-state index is 5.25. The Hall–Kier alpha value is -0.560. The minimum absolute atomic E-state index is 0.201. The normalized spacial score (nSPS) is 13.1. The average molecular weight is 182 g/mol. The Morgan fingerprint density at radius 1 is 1.46 bits per heavy atom. The van der Waals surface area contributed by atoms with Gasteiger partial charge in [-0.25, -0.2) is 0 Å². The topological polar surface area (TPSA) is 9.23 Å². The van der Waals surface area contributed by atoms with Crippen molar-refractivity contribution in [2.24, 2.45) is 5.41 Å². The minimum atomic E-state index is 0.201. The molecule has 0 unspecified atom stereocenters. The van der Waals surface area contributed by atoms with E-state index in [4.69, 9.17) is 4.74 Å². The molecule has 0 radical (unpaired) electrons. The molecule has 0 N–H and O–H groups in total. The van der Waals surface area contributed by atoms with Crippen molar-refractivity contribution in [1.82, 2.24) is 0 Å². The number of hydrogen-bond donors (Lipinski definition) is 0. The lowest BCUT2D eigenvalue weighted by molar-refractivity contribution is 0.177. The SMILES string of the molecule is C=CC(C)(C)C/C(C)=C/COCC. The van der Waals surface area contributed by atoms with Gasteiger partial charge in [-0.1, -0.05) is 31.6 Å². The van der Waals surface area contributed by atoms with E-state index in [-0.39, 0.29) is 5.41 Å². The van der Waals surface area contributed by atoms with Gasteiger partial charge in [0.25, 0.3) is 0 Å². The summed E-state index contributed by atoms with van der Waals surface area (Å²) in [5.74, 6) is 0. The monoisotopic (exact) mass is 182 g/mol. The van der Waals surface area contributed by atoms with Crippen LogP contribution < -0.4 is 0 Å². The highest BCUT2D eigenvalue weighted by Crippen LogP contribution is 2.25. The van der Waals surface area contributed by atoms with Crippen molar-refractivity contribution in [3.8, 4) is 0 Å². The molecule has 0 aromatic heterocycles. The standard InChI is InChI=1S/C12H22O/c1-6-12(4,5)10-11(3)8-9-13-7-2/h6,8H,1,7,9-10H2,2-5H3/b11-8+. The number of rotatable bonds is 6. The maximum atomic E-state index is 5.25. The summed E-state index contributed by atoms with van der Waals surface area (Å²) >= 11 is 0. The second-order valence-corrected chi connectivity index (χ2v) is 4.08. The van der Waals surface area contributed by atoms with Crippen LogP contribution >= 0.6 is 0 Å². The molecule has 0 rings (SSSR count). The Morgan fingerprint density at radius 2 is 2.08 bits per heavy atom. The van der Waals surface area contributed by atoms with Crippen molar-refractivity contribution in [1.29, 1.82) is 0 Å². The highest BCUT2D eigenvalue weighted by molar-refractivity contribution is 5.05. The van der Waals surface area contributed by atoms with Crippen LogP contribution in [0.4, 0.5) is 0 Å². The van der Waals surface area contributed by atoms with Crippen LogP contribution in [0.5, 0.6) is 0 Å². The van der Waals surface area contributed by atoms with Crippen molar-refractivity contribution in [2.45, 2.75) is 34.1 Å². The van der Waals surface area contributed by atoms with E-state index in [0.29, 0.717) is 0 Å². The molecule has 0 atom stereocenters. The molecule has 0 fully saturated rings. The molecule has 76 valence electrons. The van der Waals surface area contributed by atoms with Crippen LogP contribution in [0.25, 0.3) is 0 Å². The smallest absolute Gasteiger partial charge is 0.0649 e. The van der Waals surface area contributed by atoms with Crippen molar-refractivity contribution in [3.63, 3.8) is 0 Å². The van der Waals surface area contributed by atoms with Gasteiger partial charge < -0.3 is 4.74 Å². The van der Waals surface area contributed by atoms with Gasteiger partial charge >= 0.3 is 0 Å². The van der Waals surface area contributed by atoms with E-state index in [1.54, 1.807) is 0 Å². The third kappa shape index (κ3) is 6.59. The van der Waals surface area contributed by atoms with E-state index < -0.39 is 0 Å². The summed E-state index contributed by atoms with van der Waals surface area (Å²) in [4.78, 5) is 0. The molecule has 1 heteroatoms. The first-order chi connectivity index (χ1) is 6.02. The van der Waals surface area contributed by atoms with Crippen molar-refractivity contribution in [2.75, 3.05) is 13.2 Å². The van der Waals surface area contributed by atoms with E-state index >= 15 is 0 Å². The lowest BCUT2D eigenvalue weighted by atomic mass is 9.86. The van der Waals surface area contributed by atoms with Crippen LogP contribution in [0, 0.1) is 5.41 Å². The van der Waals surface area contributed by atoms with Gasteiger partial charge in [0.1, 0.15) is 0 Å². The largest absolute Gasteiger partial charge is 0.378 e. The summed E-state index contributed by atoms with van der Waals surface area (Å²) < 4.78 is 5.25. The third-order valence-corrected chi connectivity index (χ3v) is 2.04. The number of allylic oxidation sites excluding steroid dienone is 2. The Kier molecular flexibility index (Phi) is 5.72. The van der Waals surface area contributed by atoms with Crippen LogP contribution in [-0.4, -0.2) is 13.2 Å². The number of ether oxygens (including phenoxy) is 1. The predicted molar refractivity (Wildman–Crippen MR) is 58.8 cm³/mol. The molecule has 0 amide bonds. The average Bonchev–Trinajstić information content (AvgIpc) is 2.04. The van der Waals surface area contributed by atoms with Crippen molar-refractivity contribution < 1.29 is 4.74 Å². The summed E-state index contributed by atoms with van der Waals surface area (Å²) in [6.45, 7) is 13.9.